The van der Waals surface area contributed by atoms with Gasteiger partial charge in [0.2, 0.25) is 0 Å². The molecule has 1 aromatic carbocycles. The first-order chi connectivity index (χ1) is 10.3. The predicted octanol–water partition coefficient (Wildman–Crippen LogP) is 3.83. The van der Waals surface area contributed by atoms with E-state index in [1.807, 2.05) is 6.92 Å². The molecule has 0 aliphatic heterocycles. The molecule has 0 aliphatic rings. The molecule has 0 unspecified atom stereocenters. The Morgan fingerprint density at radius 1 is 1.32 bits per heavy atom. The fourth-order valence-corrected chi connectivity index (χ4v) is 1.88. The van der Waals surface area contributed by atoms with Crippen LogP contribution < -0.4 is 4.74 Å². The Morgan fingerprint density at radius 2 is 2.05 bits per heavy atom. The van der Waals surface area contributed by atoms with E-state index >= 15 is 0 Å². The van der Waals surface area contributed by atoms with Gasteiger partial charge in [0, 0.05) is 11.8 Å². The van der Waals surface area contributed by atoms with Gasteiger partial charge in [-0.05, 0) is 51.5 Å². The third-order valence-corrected chi connectivity index (χ3v) is 3.19. The summed E-state index contributed by atoms with van der Waals surface area (Å²) in [5.74, 6) is 0.300. The van der Waals surface area contributed by atoms with Gasteiger partial charge in [0.05, 0.1) is 17.2 Å². The Bertz CT molecular complexity index is 735. The average molecular weight is 299 g/mol. The standard InChI is InChI=1S/C17H18FN3O/c1-11-8-20-12(2)21-16(11)13-5-6-15(14(18)7-13)22-10-17(3,4)9-19/h5-8H,10H2,1-4H3. The van der Waals surface area contributed by atoms with Crippen LogP contribution in [0.15, 0.2) is 24.4 Å². The van der Waals surface area contributed by atoms with Crippen molar-refractivity contribution < 1.29 is 9.13 Å². The van der Waals surface area contributed by atoms with Crippen molar-refractivity contribution in [3.63, 3.8) is 0 Å². The molecule has 0 saturated carbocycles. The fraction of sp³-hybridized carbons (Fsp3) is 0.353. The van der Waals surface area contributed by atoms with E-state index < -0.39 is 11.2 Å². The van der Waals surface area contributed by atoms with Crippen LogP contribution in [0.2, 0.25) is 0 Å². The van der Waals surface area contributed by atoms with Crippen molar-refractivity contribution in [3.05, 3.63) is 41.6 Å². The van der Waals surface area contributed by atoms with Crippen LogP contribution in [0.1, 0.15) is 25.2 Å². The minimum atomic E-state index is -0.661. The Kier molecular flexibility index (Phi) is 4.41. The van der Waals surface area contributed by atoms with E-state index in [-0.39, 0.29) is 12.4 Å². The Morgan fingerprint density at radius 3 is 2.68 bits per heavy atom. The molecule has 2 aromatic rings. The Balaban J connectivity index is 2.27. The van der Waals surface area contributed by atoms with Gasteiger partial charge in [-0.1, -0.05) is 0 Å². The van der Waals surface area contributed by atoms with Crippen LogP contribution in [0.4, 0.5) is 4.39 Å². The van der Waals surface area contributed by atoms with Gasteiger partial charge in [0.25, 0.3) is 0 Å². The molecule has 0 radical (unpaired) electrons. The van der Waals surface area contributed by atoms with Crippen molar-refractivity contribution >= 4 is 0 Å². The number of halogens is 1. The summed E-state index contributed by atoms with van der Waals surface area (Å²) in [6, 6.07) is 6.83. The minimum absolute atomic E-state index is 0.130. The highest BCUT2D eigenvalue weighted by Crippen LogP contribution is 2.27. The lowest BCUT2D eigenvalue weighted by atomic mass is 9.98. The molecule has 0 N–H and O–H groups in total. The normalized spacial score (nSPS) is 11.1. The monoisotopic (exact) mass is 299 g/mol. The SMILES string of the molecule is Cc1ncc(C)c(-c2ccc(OCC(C)(C)C#N)c(F)c2)n1. The highest BCUT2D eigenvalue weighted by molar-refractivity contribution is 5.63. The summed E-state index contributed by atoms with van der Waals surface area (Å²) >= 11 is 0. The topological polar surface area (TPSA) is 58.8 Å². The second-order valence-electron chi connectivity index (χ2n) is 5.88. The molecular formula is C17H18FN3O. The first kappa shape index (κ1) is 15.9. The maximum absolute atomic E-state index is 14.2. The molecule has 22 heavy (non-hydrogen) atoms. The van der Waals surface area contributed by atoms with E-state index in [1.165, 1.54) is 6.07 Å². The molecule has 1 aromatic heterocycles. The third kappa shape index (κ3) is 3.59. The van der Waals surface area contributed by atoms with Gasteiger partial charge in [-0.15, -0.1) is 0 Å². The minimum Gasteiger partial charge on any atom is -0.489 e. The Hall–Kier alpha value is -2.48. The highest BCUT2D eigenvalue weighted by atomic mass is 19.1. The number of nitrogens with zero attached hydrogens (tertiary/aromatic N) is 3. The van der Waals surface area contributed by atoms with E-state index in [0.717, 1.165) is 5.56 Å². The second-order valence-corrected chi connectivity index (χ2v) is 5.88. The first-order valence-corrected chi connectivity index (χ1v) is 6.96. The van der Waals surface area contributed by atoms with Gasteiger partial charge in [0.15, 0.2) is 11.6 Å². The van der Waals surface area contributed by atoms with Crippen LogP contribution >= 0.6 is 0 Å². The number of aryl methyl sites for hydroxylation is 2. The largest absolute Gasteiger partial charge is 0.489 e. The molecule has 0 aliphatic carbocycles. The summed E-state index contributed by atoms with van der Waals surface area (Å²) in [4.78, 5) is 8.46. The van der Waals surface area contributed by atoms with Crippen LogP contribution in [-0.2, 0) is 0 Å². The van der Waals surface area contributed by atoms with E-state index in [4.69, 9.17) is 10.00 Å². The molecule has 0 spiro atoms. The number of ether oxygens (including phenoxy) is 1. The molecule has 2 rings (SSSR count). The number of aromatic nitrogens is 2. The van der Waals surface area contributed by atoms with Crippen molar-refractivity contribution in [2.45, 2.75) is 27.7 Å². The van der Waals surface area contributed by atoms with Gasteiger partial charge in [-0.25, -0.2) is 14.4 Å². The van der Waals surface area contributed by atoms with Crippen molar-refractivity contribution in [1.82, 2.24) is 9.97 Å². The molecule has 0 saturated heterocycles. The van der Waals surface area contributed by atoms with E-state index in [1.54, 1.807) is 39.1 Å². The zero-order valence-corrected chi connectivity index (χ0v) is 13.1. The molecule has 0 amide bonds. The van der Waals surface area contributed by atoms with E-state index in [9.17, 15) is 4.39 Å². The zero-order chi connectivity index (χ0) is 16.3. The zero-order valence-electron chi connectivity index (χ0n) is 13.1. The van der Waals surface area contributed by atoms with Crippen molar-refractivity contribution in [2.75, 3.05) is 6.61 Å². The molecule has 0 fully saturated rings. The number of rotatable bonds is 4. The summed E-state index contributed by atoms with van der Waals surface area (Å²) in [5.41, 5.74) is 1.60. The maximum Gasteiger partial charge on any atom is 0.165 e. The molecule has 0 bridgehead atoms. The van der Waals surface area contributed by atoms with Crippen LogP contribution in [-0.4, -0.2) is 16.6 Å². The summed E-state index contributed by atoms with van der Waals surface area (Å²) in [7, 11) is 0. The average Bonchev–Trinajstić information content (AvgIpc) is 2.48. The van der Waals surface area contributed by atoms with E-state index in [0.29, 0.717) is 17.1 Å². The Labute approximate surface area is 129 Å². The molecule has 1 heterocycles. The number of benzene rings is 1. The van der Waals surface area contributed by atoms with Crippen LogP contribution in [0, 0.1) is 36.4 Å². The van der Waals surface area contributed by atoms with Gasteiger partial charge in [-0.2, -0.15) is 5.26 Å². The second kappa shape index (κ2) is 6.10. The first-order valence-electron chi connectivity index (χ1n) is 6.96. The summed E-state index contributed by atoms with van der Waals surface area (Å²) in [5, 5.41) is 8.95. The lowest BCUT2D eigenvalue weighted by Crippen LogP contribution is -2.19. The highest BCUT2D eigenvalue weighted by Gasteiger charge is 2.19. The van der Waals surface area contributed by atoms with Crippen molar-refractivity contribution in [2.24, 2.45) is 5.41 Å². The van der Waals surface area contributed by atoms with Gasteiger partial charge >= 0.3 is 0 Å². The van der Waals surface area contributed by atoms with Gasteiger partial charge in [-0.3, -0.25) is 0 Å². The van der Waals surface area contributed by atoms with Gasteiger partial charge in [0.1, 0.15) is 12.4 Å². The summed E-state index contributed by atoms with van der Waals surface area (Å²) in [6.07, 6.45) is 1.72. The van der Waals surface area contributed by atoms with Crippen molar-refractivity contribution in [3.8, 4) is 23.1 Å². The predicted molar refractivity (Wildman–Crippen MR) is 81.8 cm³/mol. The summed E-state index contributed by atoms with van der Waals surface area (Å²) in [6.45, 7) is 7.29. The van der Waals surface area contributed by atoms with Crippen LogP contribution in [0.25, 0.3) is 11.3 Å². The number of hydrogen-bond acceptors (Lipinski definition) is 4. The smallest absolute Gasteiger partial charge is 0.165 e. The maximum atomic E-state index is 14.2. The van der Waals surface area contributed by atoms with Crippen molar-refractivity contribution in [1.29, 1.82) is 5.26 Å². The third-order valence-electron chi connectivity index (χ3n) is 3.19. The lowest BCUT2D eigenvalue weighted by molar-refractivity contribution is 0.219. The molecular weight excluding hydrogens is 281 g/mol. The quantitative estimate of drug-likeness (QED) is 0.861. The number of nitriles is 1. The lowest BCUT2D eigenvalue weighted by Gasteiger charge is -2.16. The fourth-order valence-electron chi connectivity index (χ4n) is 1.88. The molecule has 0 atom stereocenters. The molecule has 114 valence electrons. The van der Waals surface area contributed by atoms with Crippen LogP contribution in [0.3, 0.4) is 0 Å². The number of hydrogen-bond donors (Lipinski definition) is 0. The van der Waals surface area contributed by atoms with Gasteiger partial charge < -0.3 is 4.74 Å². The van der Waals surface area contributed by atoms with Crippen LogP contribution in [0.5, 0.6) is 5.75 Å². The van der Waals surface area contributed by atoms with E-state index in [2.05, 4.69) is 16.0 Å². The summed E-state index contributed by atoms with van der Waals surface area (Å²) < 4.78 is 19.6. The molecule has 4 nitrogen and oxygen atoms in total. The molecule has 5 heteroatoms.